The number of aryl methyl sites for hydroxylation is 1. The fourth-order valence-corrected chi connectivity index (χ4v) is 0.937. The Hall–Kier alpha value is -0.830. The number of carbonyl (C=O) groups is 1. The summed E-state index contributed by atoms with van der Waals surface area (Å²) in [4.78, 5) is 10.7. The molecule has 0 unspecified atom stereocenters. The molecule has 0 saturated heterocycles. The minimum atomic E-state index is 0.0509. The lowest BCUT2D eigenvalue weighted by Gasteiger charge is -1.97. The molecule has 1 aromatic heterocycles. The summed E-state index contributed by atoms with van der Waals surface area (Å²) in [6.07, 6.45) is 1.64. The number of ketones is 1. The van der Waals surface area contributed by atoms with Crippen LogP contribution in [0, 0.1) is 6.92 Å². The first kappa shape index (κ1) is 8.27. The number of carbonyl (C=O) groups excluding carboxylic acids is 1. The van der Waals surface area contributed by atoms with Crippen LogP contribution in [0.3, 0.4) is 0 Å². The van der Waals surface area contributed by atoms with Crippen molar-refractivity contribution in [3.63, 3.8) is 0 Å². The Labute approximate surface area is 70.0 Å². The van der Waals surface area contributed by atoms with Gasteiger partial charge >= 0.3 is 0 Å². The first-order valence-corrected chi connectivity index (χ1v) is 3.66. The van der Waals surface area contributed by atoms with Crippen molar-refractivity contribution < 1.29 is 4.79 Å². The van der Waals surface area contributed by atoms with E-state index in [0.717, 1.165) is 5.56 Å². The van der Waals surface area contributed by atoms with Gasteiger partial charge in [-0.1, -0.05) is 11.6 Å². The van der Waals surface area contributed by atoms with Crippen molar-refractivity contribution in [1.29, 1.82) is 0 Å². The van der Waals surface area contributed by atoms with Gasteiger partial charge in [0, 0.05) is 5.56 Å². The molecular weight excluding hydrogens is 164 g/mol. The average Bonchev–Trinajstić information content (AvgIpc) is 2.18. The monoisotopic (exact) mass is 172 g/mol. The van der Waals surface area contributed by atoms with Crippen LogP contribution in [-0.4, -0.2) is 15.6 Å². The highest BCUT2D eigenvalue weighted by Gasteiger charge is 2.04. The van der Waals surface area contributed by atoms with E-state index in [-0.39, 0.29) is 12.3 Å². The normalized spacial score (nSPS) is 10.1. The Morgan fingerprint density at radius 3 is 2.82 bits per heavy atom. The number of nitrogens with zero attached hydrogens (tertiary/aromatic N) is 2. The zero-order valence-corrected chi connectivity index (χ0v) is 7.22. The van der Waals surface area contributed by atoms with Gasteiger partial charge in [-0.05, 0) is 13.8 Å². The quantitative estimate of drug-likeness (QED) is 0.677. The summed E-state index contributed by atoms with van der Waals surface area (Å²) in [5.74, 6) is 0.0509. The van der Waals surface area contributed by atoms with Crippen molar-refractivity contribution in [2.24, 2.45) is 0 Å². The first-order valence-electron chi connectivity index (χ1n) is 3.28. The van der Waals surface area contributed by atoms with Gasteiger partial charge in [-0.25, -0.2) is 4.68 Å². The van der Waals surface area contributed by atoms with Gasteiger partial charge in [-0.3, -0.25) is 4.79 Å². The van der Waals surface area contributed by atoms with Crippen molar-refractivity contribution in [3.05, 3.63) is 16.9 Å². The van der Waals surface area contributed by atoms with Gasteiger partial charge in [0.2, 0.25) is 0 Å². The molecule has 0 aliphatic carbocycles. The standard InChI is InChI=1S/C7H9ClN2O/c1-5-3-9-10(7(5)8)4-6(2)11/h3H,4H2,1-2H3. The fourth-order valence-electron chi connectivity index (χ4n) is 0.785. The molecule has 0 spiro atoms. The van der Waals surface area contributed by atoms with Gasteiger partial charge in [0.1, 0.15) is 11.7 Å². The third-order valence-electron chi connectivity index (χ3n) is 1.32. The van der Waals surface area contributed by atoms with Crippen LogP contribution in [0.15, 0.2) is 6.20 Å². The maximum Gasteiger partial charge on any atom is 0.151 e. The van der Waals surface area contributed by atoms with E-state index in [4.69, 9.17) is 11.6 Å². The predicted octanol–water partition coefficient (Wildman–Crippen LogP) is 1.43. The number of hydrogen-bond acceptors (Lipinski definition) is 2. The summed E-state index contributed by atoms with van der Waals surface area (Å²) < 4.78 is 1.49. The molecule has 0 saturated carbocycles. The smallest absolute Gasteiger partial charge is 0.151 e. The van der Waals surface area contributed by atoms with Crippen molar-refractivity contribution >= 4 is 17.4 Å². The van der Waals surface area contributed by atoms with Crippen LogP contribution in [0.25, 0.3) is 0 Å². The zero-order valence-electron chi connectivity index (χ0n) is 6.47. The van der Waals surface area contributed by atoms with E-state index in [9.17, 15) is 4.79 Å². The molecule has 60 valence electrons. The second kappa shape index (κ2) is 3.05. The molecule has 11 heavy (non-hydrogen) atoms. The molecule has 3 nitrogen and oxygen atoms in total. The summed E-state index contributed by atoms with van der Waals surface area (Å²) in [5, 5.41) is 4.46. The van der Waals surface area contributed by atoms with Gasteiger partial charge < -0.3 is 0 Å². The molecule has 0 aliphatic rings. The maximum atomic E-state index is 10.7. The van der Waals surface area contributed by atoms with Crippen LogP contribution in [0.1, 0.15) is 12.5 Å². The molecular formula is C7H9ClN2O. The average molecular weight is 173 g/mol. The highest BCUT2D eigenvalue weighted by atomic mass is 35.5. The summed E-state index contributed by atoms with van der Waals surface area (Å²) >= 11 is 5.80. The zero-order chi connectivity index (χ0) is 8.43. The van der Waals surface area contributed by atoms with Crippen molar-refractivity contribution in [1.82, 2.24) is 9.78 Å². The van der Waals surface area contributed by atoms with E-state index in [1.165, 1.54) is 11.6 Å². The third-order valence-corrected chi connectivity index (χ3v) is 1.81. The number of Topliss-reactive ketones (excluding diaryl/α,β-unsaturated/α-hetero) is 1. The Bertz CT molecular complexity index is 280. The lowest BCUT2D eigenvalue weighted by atomic mass is 10.4. The topological polar surface area (TPSA) is 34.9 Å². The number of aromatic nitrogens is 2. The second-order valence-corrected chi connectivity index (χ2v) is 2.84. The first-order chi connectivity index (χ1) is 5.11. The summed E-state index contributed by atoms with van der Waals surface area (Å²) in [7, 11) is 0. The fraction of sp³-hybridized carbons (Fsp3) is 0.429. The van der Waals surface area contributed by atoms with E-state index >= 15 is 0 Å². The Kier molecular flexibility index (Phi) is 2.29. The largest absolute Gasteiger partial charge is 0.298 e. The van der Waals surface area contributed by atoms with Crippen molar-refractivity contribution in [3.8, 4) is 0 Å². The molecule has 1 rings (SSSR count). The molecule has 0 aromatic carbocycles. The summed E-state index contributed by atoms with van der Waals surface area (Å²) in [6, 6.07) is 0. The number of rotatable bonds is 2. The van der Waals surface area contributed by atoms with E-state index in [1.807, 2.05) is 6.92 Å². The Morgan fingerprint density at radius 2 is 2.45 bits per heavy atom. The molecule has 0 bridgehead atoms. The van der Waals surface area contributed by atoms with Gasteiger partial charge in [-0.15, -0.1) is 0 Å². The van der Waals surface area contributed by atoms with Crippen LogP contribution in [-0.2, 0) is 11.3 Å². The molecule has 1 aromatic rings. The maximum absolute atomic E-state index is 10.7. The minimum Gasteiger partial charge on any atom is -0.298 e. The van der Waals surface area contributed by atoms with Crippen molar-refractivity contribution in [2.75, 3.05) is 0 Å². The van der Waals surface area contributed by atoms with Gasteiger partial charge in [0.25, 0.3) is 0 Å². The van der Waals surface area contributed by atoms with E-state index in [0.29, 0.717) is 5.15 Å². The molecule has 1 heterocycles. The number of hydrogen-bond donors (Lipinski definition) is 0. The lowest BCUT2D eigenvalue weighted by molar-refractivity contribution is -0.117. The molecule has 0 fully saturated rings. The van der Waals surface area contributed by atoms with Crippen LogP contribution in [0.2, 0.25) is 5.15 Å². The Balaban J connectivity index is 2.87. The molecule has 4 heteroatoms. The molecule has 0 amide bonds. The molecule has 0 N–H and O–H groups in total. The Morgan fingerprint density at radius 1 is 1.82 bits per heavy atom. The van der Waals surface area contributed by atoms with Crippen LogP contribution < -0.4 is 0 Å². The van der Waals surface area contributed by atoms with Crippen LogP contribution in [0.5, 0.6) is 0 Å². The summed E-state index contributed by atoms with van der Waals surface area (Å²) in [6.45, 7) is 3.62. The van der Waals surface area contributed by atoms with E-state index < -0.39 is 0 Å². The highest BCUT2D eigenvalue weighted by molar-refractivity contribution is 6.30. The minimum absolute atomic E-state index is 0.0509. The van der Waals surface area contributed by atoms with Crippen LogP contribution >= 0.6 is 11.6 Å². The number of halogens is 1. The second-order valence-electron chi connectivity index (χ2n) is 2.48. The molecule has 0 aliphatic heterocycles. The van der Waals surface area contributed by atoms with Crippen LogP contribution in [0.4, 0.5) is 0 Å². The summed E-state index contributed by atoms with van der Waals surface area (Å²) in [5.41, 5.74) is 0.896. The van der Waals surface area contributed by atoms with Gasteiger partial charge in [-0.2, -0.15) is 5.10 Å². The van der Waals surface area contributed by atoms with Gasteiger partial charge in [0.05, 0.1) is 6.20 Å². The van der Waals surface area contributed by atoms with Gasteiger partial charge in [0.15, 0.2) is 5.78 Å². The molecule has 0 atom stereocenters. The predicted molar refractivity (Wildman–Crippen MR) is 42.7 cm³/mol. The lowest BCUT2D eigenvalue weighted by Crippen LogP contribution is -2.07. The highest BCUT2D eigenvalue weighted by Crippen LogP contribution is 2.12. The van der Waals surface area contributed by atoms with E-state index in [2.05, 4.69) is 5.10 Å². The third kappa shape index (κ3) is 1.80. The molecule has 0 radical (unpaired) electrons. The van der Waals surface area contributed by atoms with E-state index in [1.54, 1.807) is 6.20 Å². The van der Waals surface area contributed by atoms with Crippen molar-refractivity contribution in [2.45, 2.75) is 20.4 Å². The SMILES string of the molecule is CC(=O)Cn1ncc(C)c1Cl.